The zero-order valence-corrected chi connectivity index (χ0v) is 17.1. The summed E-state index contributed by atoms with van der Waals surface area (Å²) in [6.45, 7) is 4.40. The maximum absolute atomic E-state index is 13.5. The lowest BCUT2D eigenvalue weighted by molar-refractivity contribution is -0.161. The molecule has 4 saturated carbocycles. The van der Waals surface area contributed by atoms with Crippen LogP contribution in [0.2, 0.25) is 0 Å². The van der Waals surface area contributed by atoms with Crippen molar-refractivity contribution in [1.82, 2.24) is 0 Å². The Morgan fingerprint density at radius 2 is 1.93 bits per heavy atom. The lowest BCUT2D eigenvalue weighted by Crippen LogP contribution is -2.56. The quantitative estimate of drug-likeness (QED) is 0.357. The number of fused-ring (bicyclic) bond motifs is 7. The SMILES string of the molecule is CC12CC=C3C(C4C[C@]5(C#N)[C@@H](C(=O)CCC35C)C4=O)C1CC[C@@]21CCC(=O)O1. The van der Waals surface area contributed by atoms with Gasteiger partial charge in [-0.1, -0.05) is 25.5 Å². The van der Waals surface area contributed by atoms with E-state index >= 15 is 0 Å². The number of hydrogen-bond acceptors (Lipinski definition) is 5. The molecular formula is C24H27NO4. The molecule has 2 bridgehead atoms. The molecule has 5 unspecified atom stereocenters. The van der Waals surface area contributed by atoms with Crippen molar-refractivity contribution in [3.05, 3.63) is 11.6 Å². The van der Waals surface area contributed by atoms with Crippen LogP contribution in [0.5, 0.6) is 0 Å². The number of nitrogens with zero attached hydrogens (tertiary/aromatic N) is 1. The van der Waals surface area contributed by atoms with Gasteiger partial charge in [-0.25, -0.2) is 0 Å². The van der Waals surface area contributed by atoms with E-state index < -0.39 is 22.3 Å². The third-order valence-corrected chi connectivity index (χ3v) is 10.4. The summed E-state index contributed by atoms with van der Waals surface area (Å²) in [7, 11) is 0. The Morgan fingerprint density at radius 1 is 1.14 bits per heavy atom. The summed E-state index contributed by atoms with van der Waals surface area (Å²) < 4.78 is 5.98. The van der Waals surface area contributed by atoms with Crippen molar-refractivity contribution in [2.75, 3.05) is 0 Å². The first-order valence-corrected chi connectivity index (χ1v) is 11.1. The van der Waals surface area contributed by atoms with E-state index in [1.165, 1.54) is 5.57 Å². The molecule has 5 aliphatic carbocycles. The lowest BCUT2D eigenvalue weighted by Gasteiger charge is -2.58. The monoisotopic (exact) mass is 393 g/mol. The van der Waals surface area contributed by atoms with E-state index in [0.29, 0.717) is 25.7 Å². The second-order valence-corrected chi connectivity index (χ2v) is 10.9. The average Bonchev–Trinajstić information content (AvgIpc) is 3.31. The molecule has 8 atom stereocenters. The Labute approximate surface area is 170 Å². The minimum absolute atomic E-state index is 0.0180. The largest absolute Gasteiger partial charge is 0.458 e. The Bertz CT molecular complexity index is 960. The second-order valence-electron chi connectivity index (χ2n) is 10.9. The molecule has 0 N–H and O–H groups in total. The highest BCUT2D eigenvalue weighted by Crippen LogP contribution is 2.75. The van der Waals surface area contributed by atoms with E-state index in [4.69, 9.17) is 4.74 Å². The summed E-state index contributed by atoms with van der Waals surface area (Å²) in [5.74, 6) is -0.728. The van der Waals surface area contributed by atoms with Crippen LogP contribution >= 0.6 is 0 Å². The first-order valence-electron chi connectivity index (χ1n) is 11.1. The molecule has 0 aromatic rings. The van der Waals surface area contributed by atoms with E-state index in [1.54, 1.807) is 0 Å². The molecule has 0 radical (unpaired) electrons. The number of carbonyl (C=O) groups is 3. The Balaban J connectivity index is 1.53. The van der Waals surface area contributed by atoms with Gasteiger partial charge in [0.2, 0.25) is 0 Å². The zero-order chi connectivity index (χ0) is 20.4. The average molecular weight is 393 g/mol. The van der Waals surface area contributed by atoms with Crippen molar-refractivity contribution in [3.8, 4) is 6.07 Å². The predicted molar refractivity (Wildman–Crippen MR) is 102 cm³/mol. The predicted octanol–water partition coefficient (Wildman–Crippen LogP) is 3.52. The van der Waals surface area contributed by atoms with Gasteiger partial charge in [-0.15, -0.1) is 0 Å². The topological polar surface area (TPSA) is 84.2 Å². The van der Waals surface area contributed by atoms with E-state index in [1.807, 2.05) is 0 Å². The van der Waals surface area contributed by atoms with Crippen LogP contribution in [-0.4, -0.2) is 23.1 Å². The van der Waals surface area contributed by atoms with Crippen molar-refractivity contribution >= 4 is 17.5 Å². The van der Waals surface area contributed by atoms with Crippen molar-refractivity contribution < 1.29 is 19.1 Å². The maximum Gasteiger partial charge on any atom is 0.306 e. The number of hydrogen-bond donors (Lipinski definition) is 0. The first kappa shape index (κ1) is 17.9. The van der Waals surface area contributed by atoms with Crippen LogP contribution < -0.4 is 0 Å². The smallest absolute Gasteiger partial charge is 0.306 e. The van der Waals surface area contributed by atoms with Crippen LogP contribution in [0.4, 0.5) is 0 Å². The van der Waals surface area contributed by atoms with Gasteiger partial charge >= 0.3 is 5.97 Å². The third kappa shape index (κ3) is 1.67. The molecule has 0 aromatic carbocycles. The molecular weight excluding hydrogens is 366 g/mol. The molecule has 0 aromatic heterocycles. The summed E-state index contributed by atoms with van der Waals surface area (Å²) in [4.78, 5) is 38.4. The van der Waals surface area contributed by atoms with Gasteiger partial charge in [0.05, 0.1) is 17.4 Å². The molecule has 0 amide bonds. The Hall–Kier alpha value is -1.96. The lowest BCUT2D eigenvalue weighted by atomic mass is 9.43. The van der Waals surface area contributed by atoms with Gasteiger partial charge in [0.15, 0.2) is 0 Å². The number of Topliss-reactive ketones (excluding diaryl/α,β-unsaturated/α-hetero) is 2. The molecule has 29 heavy (non-hydrogen) atoms. The number of carbonyl (C=O) groups excluding carboxylic acids is 3. The second kappa shape index (κ2) is 5.02. The van der Waals surface area contributed by atoms with Crippen molar-refractivity contribution in [3.63, 3.8) is 0 Å². The summed E-state index contributed by atoms with van der Waals surface area (Å²) in [5.41, 5.74) is -0.582. The Kier molecular flexibility index (Phi) is 3.09. The fraction of sp³-hybridized carbons (Fsp3) is 0.750. The van der Waals surface area contributed by atoms with E-state index in [-0.39, 0.29) is 40.7 Å². The van der Waals surface area contributed by atoms with Gasteiger partial charge in [0, 0.05) is 29.6 Å². The molecule has 5 heteroatoms. The number of ether oxygens (including phenoxy) is 1. The highest BCUT2D eigenvalue weighted by atomic mass is 16.6. The fourth-order valence-electron chi connectivity index (χ4n) is 8.89. The summed E-state index contributed by atoms with van der Waals surface area (Å²) >= 11 is 0. The molecule has 5 nitrogen and oxygen atoms in total. The highest BCUT2D eigenvalue weighted by Gasteiger charge is 2.76. The molecule has 1 aliphatic heterocycles. The van der Waals surface area contributed by atoms with Crippen LogP contribution in [-0.2, 0) is 19.1 Å². The van der Waals surface area contributed by atoms with E-state index in [2.05, 4.69) is 26.0 Å². The minimum atomic E-state index is -0.865. The van der Waals surface area contributed by atoms with Crippen LogP contribution in [0.25, 0.3) is 0 Å². The van der Waals surface area contributed by atoms with Gasteiger partial charge in [0.25, 0.3) is 0 Å². The van der Waals surface area contributed by atoms with Crippen LogP contribution in [0.1, 0.15) is 65.2 Å². The minimum Gasteiger partial charge on any atom is -0.458 e. The maximum atomic E-state index is 13.5. The number of ketones is 2. The van der Waals surface area contributed by atoms with Crippen LogP contribution in [0.3, 0.4) is 0 Å². The van der Waals surface area contributed by atoms with Crippen molar-refractivity contribution in [2.45, 2.75) is 70.8 Å². The van der Waals surface area contributed by atoms with Gasteiger partial charge < -0.3 is 4.74 Å². The third-order valence-electron chi connectivity index (χ3n) is 10.4. The van der Waals surface area contributed by atoms with Gasteiger partial charge in [-0.3, -0.25) is 14.4 Å². The molecule has 152 valence electrons. The van der Waals surface area contributed by atoms with Gasteiger partial charge in [-0.2, -0.15) is 5.26 Å². The van der Waals surface area contributed by atoms with Gasteiger partial charge in [-0.05, 0) is 50.4 Å². The molecule has 1 spiro atoms. The molecule has 6 rings (SSSR count). The summed E-state index contributed by atoms with van der Waals surface area (Å²) in [5, 5.41) is 10.3. The summed E-state index contributed by atoms with van der Waals surface area (Å²) in [6, 6.07) is 2.52. The van der Waals surface area contributed by atoms with E-state index in [9.17, 15) is 19.6 Å². The van der Waals surface area contributed by atoms with Crippen molar-refractivity contribution in [1.29, 1.82) is 5.26 Å². The van der Waals surface area contributed by atoms with Crippen LogP contribution in [0.15, 0.2) is 11.6 Å². The first-order chi connectivity index (χ1) is 13.7. The fourth-order valence-corrected chi connectivity index (χ4v) is 8.89. The highest BCUT2D eigenvalue weighted by molar-refractivity contribution is 6.08. The molecule has 5 fully saturated rings. The molecule has 1 saturated heterocycles. The number of esters is 1. The van der Waals surface area contributed by atoms with Crippen LogP contribution in [0, 0.1) is 51.2 Å². The zero-order valence-electron chi connectivity index (χ0n) is 17.1. The molecule has 6 aliphatic rings. The van der Waals surface area contributed by atoms with Gasteiger partial charge in [0.1, 0.15) is 17.2 Å². The Morgan fingerprint density at radius 3 is 2.62 bits per heavy atom. The number of rotatable bonds is 0. The number of nitriles is 1. The molecule has 1 heterocycles. The summed E-state index contributed by atoms with van der Waals surface area (Å²) in [6.07, 6.45) is 7.78. The normalized spacial score (nSPS) is 54.7. The standard InChI is InChI=1S/C24H27NO4/c1-21-8-5-16(26)19-20(28)13(11-23(19,21)12-25)18-14(21)3-7-22(2)15(18)4-9-24(22)10-6-17(27)29-24/h3,13,15,18-19H,4-11H2,1-2H3/t13?,15?,18?,19-,21?,22?,23-,24+/m0/s1. The van der Waals surface area contributed by atoms with E-state index in [0.717, 1.165) is 25.7 Å². The number of allylic oxidation sites excluding steroid dienone is 2. The van der Waals surface area contributed by atoms with Crippen molar-refractivity contribution in [2.24, 2.45) is 39.9 Å².